The first-order chi connectivity index (χ1) is 68.1. The Kier molecular flexibility index (Phi) is 31.2. The van der Waals surface area contributed by atoms with Crippen LogP contribution in [0.5, 0.6) is 23.5 Å². The number of methoxy groups -OCH3 is 4. The molecule has 1 aliphatic carbocycles. The van der Waals surface area contributed by atoms with Gasteiger partial charge in [-0.2, -0.15) is 24.5 Å². The molecule has 8 fully saturated rings. The Morgan fingerprint density at radius 3 is 0.979 bits per heavy atom. The van der Waals surface area contributed by atoms with E-state index in [0.29, 0.717) is 152 Å². The summed E-state index contributed by atoms with van der Waals surface area (Å²) in [5.74, 6) is 5.04. The van der Waals surface area contributed by atoms with E-state index in [1.165, 1.54) is 18.6 Å². The minimum atomic E-state index is -2.51. The summed E-state index contributed by atoms with van der Waals surface area (Å²) in [6.07, 6.45) is 22.5. The summed E-state index contributed by atoms with van der Waals surface area (Å²) in [7, 11) is -3.63. The molecule has 35 nitrogen and oxygen atoms in total. The van der Waals surface area contributed by atoms with Gasteiger partial charge in [0, 0.05) is 123 Å². The molecule has 1 saturated carbocycles. The molecule has 4 aromatic carbocycles. The molecule has 748 valence electrons. The monoisotopic (exact) mass is 2080 g/mol. The lowest BCUT2D eigenvalue weighted by Crippen LogP contribution is -2.66. The molecular weight excluding hydrogens is 1970 g/mol. The fourth-order valence-corrected chi connectivity index (χ4v) is 24.2. The smallest absolute Gasteiger partial charge is 0.392 e. The molecule has 43 heteroatoms. The normalized spacial score (nSPS) is 18.0. The zero-order chi connectivity index (χ0) is 99.9. The number of nitrogens with zero attached hydrogens (tertiary/aromatic N) is 15. The van der Waals surface area contributed by atoms with Crippen molar-refractivity contribution in [3.63, 3.8) is 0 Å². The lowest BCUT2D eigenvalue weighted by Gasteiger charge is -2.55. The highest BCUT2D eigenvalue weighted by atomic mass is 35.5. The van der Waals surface area contributed by atoms with E-state index >= 15 is 0 Å². The third-order valence-corrected chi connectivity index (χ3v) is 34.0. The van der Waals surface area contributed by atoms with Crippen molar-refractivity contribution in [2.75, 3.05) is 231 Å². The third kappa shape index (κ3) is 24.0. The summed E-state index contributed by atoms with van der Waals surface area (Å²) < 4.78 is 97.5. The van der Waals surface area contributed by atoms with Gasteiger partial charge in [-0.15, -0.1) is 0 Å². The molecule has 0 unspecified atom stereocenters. The van der Waals surface area contributed by atoms with Crippen LogP contribution < -0.4 is 102 Å². The largest absolute Gasteiger partial charge is 0.480 e. The van der Waals surface area contributed by atoms with Crippen molar-refractivity contribution in [3.8, 4) is 23.5 Å². The SMILES string of the molecule is COc1c(Nc2ncc(Cl)c(Nc3ccccc3P(C)(C)=O)n2)ccc[n+]1C1CC2(CCOC2)C1.COc1ncc(N2CC3(CCOCC3)C2)cc1Nc1ncc(Cl)c(Nc2ccccc2P(C)(C)=O)n1.COc1ncc(N2CC3(COC3)C2)cc1Nc1ncc(Cl)c(Nc2ccccc2P(C)(C)=O)n1.COc1ncc(N2CCC3(CCOCC3)C2)cc1Nc1ncc(Cl)c(Nc2ccccc2P(C)(C)=O)n1. The number of benzene rings is 4. The van der Waals surface area contributed by atoms with E-state index in [9.17, 15) is 18.3 Å². The van der Waals surface area contributed by atoms with E-state index < -0.39 is 28.6 Å². The Labute approximate surface area is 846 Å². The van der Waals surface area contributed by atoms with Crippen molar-refractivity contribution in [2.24, 2.45) is 21.7 Å². The number of rotatable bonds is 28. The summed E-state index contributed by atoms with van der Waals surface area (Å²) in [5.41, 5.74) is 9.82. The maximum Gasteiger partial charge on any atom is 0.392 e. The fourth-order valence-electron chi connectivity index (χ4n) is 19.0. The Balaban J connectivity index is 0.000000130. The summed E-state index contributed by atoms with van der Waals surface area (Å²) >= 11 is 25.6. The van der Waals surface area contributed by atoms with Crippen molar-refractivity contribution in [3.05, 3.63) is 197 Å². The van der Waals surface area contributed by atoms with E-state index in [-0.39, 0.29) is 0 Å². The number of halogens is 4. The molecule has 8 aliphatic rings. The number of ether oxygens (including phenoxy) is 8. The van der Waals surface area contributed by atoms with Crippen molar-refractivity contribution in [2.45, 2.75) is 57.4 Å². The van der Waals surface area contributed by atoms with Crippen LogP contribution in [0.25, 0.3) is 0 Å². The number of hydrogen-bond donors (Lipinski definition) is 8. The van der Waals surface area contributed by atoms with E-state index in [4.69, 9.17) is 84.3 Å². The number of pyridine rings is 4. The first-order valence-corrected chi connectivity index (χ1v) is 58.6. The van der Waals surface area contributed by atoms with Crippen LogP contribution in [0.4, 0.5) is 110 Å². The number of hydrogen-bond acceptors (Lipinski definition) is 34. The maximum atomic E-state index is 12.8. The highest BCUT2D eigenvalue weighted by molar-refractivity contribution is 7.71. The Morgan fingerprint density at radius 2 is 0.648 bits per heavy atom. The van der Waals surface area contributed by atoms with Gasteiger partial charge in [0.1, 0.15) is 65.7 Å². The molecule has 0 amide bonds. The minimum absolute atomic E-state index is 0.296. The maximum absolute atomic E-state index is 12.8. The van der Waals surface area contributed by atoms with Crippen molar-refractivity contribution >= 4 is 206 Å². The molecule has 4 spiro atoms. The van der Waals surface area contributed by atoms with E-state index in [2.05, 4.69) is 123 Å². The molecule has 7 aliphatic heterocycles. The summed E-state index contributed by atoms with van der Waals surface area (Å²) in [5, 5.41) is 30.2. The lowest BCUT2D eigenvalue weighted by atomic mass is 9.65. The molecule has 20 rings (SSSR count). The first kappa shape index (κ1) is 102. The minimum Gasteiger partial charge on any atom is -0.480 e. The van der Waals surface area contributed by atoms with Gasteiger partial charge in [-0.25, -0.2) is 34.9 Å². The number of aromatic nitrogens is 12. The molecule has 7 saturated heterocycles. The number of para-hydroxylation sites is 4. The average Bonchev–Trinajstić information content (AvgIpc) is 1.22. The van der Waals surface area contributed by atoms with Gasteiger partial charge in [-0.05, 0) is 170 Å². The van der Waals surface area contributed by atoms with Crippen molar-refractivity contribution in [1.29, 1.82) is 0 Å². The van der Waals surface area contributed by atoms with Gasteiger partial charge in [-0.1, -0.05) is 94.9 Å². The lowest BCUT2D eigenvalue weighted by molar-refractivity contribution is -0.742. The van der Waals surface area contributed by atoms with Crippen LogP contribution in [0, 0.1) is 21.7 Å². The Bertz CT molecular complexity index is 6780. The average molecular weight is 2090 g/mol. The van der Waals surface area contributed by atoms with Crippen molar-refractivity contribution < 1.29 is 60.7 Å². The second kappa shape index (κ2) is 43.3. The third-order valence-electron chi connectivity index (χ3n) is 26.6. The second-order valence-electron chi connectivity index (χ2n) is 38.6. The predicted molar refractivity (Wildman–Crippen MR) is 568 cm³/mol. The molecule has 12 aromatic rings. The van der Waals surface area contributed by atoms with E-state index in [1.807, 2.05) is 140 Å². The van der Waals surface area contributed by atoms with Gasteiger partial charge >= 0.3 is 5.88 Å². The molecule has 8 aromatic heterocycles. The zero-order valence-corrected chi connectivity index (χ0v) is 87.9. The highest BCUT2D eigenvalue weighted by Gasteiger charge is 2.53. The summed E-state index contributed by atoms with van der Waals surface area (Å²) in [6.45, 7) is 26.4. The second-order valence-corrected chi connectivity index (χ2v) is 53.0. The van der Waals surface area contributed by atoms with Crippen molar-refractivity contribution in [1.82, 2.24) is 54.8 Å². The van der Waals surface area contributed by atoms with Gasteiger partial charge in [0.2, 0.25) is 41.4 Å². The quantitative estimate of drug-likeness (QED) is 0.0167. The molecule has 15 heterocycles. The van der Waals surface area contributed by atoms with Crippen LogP contribution in [-0.4, -0.2) is 229 Å². The first-order valence-electron chi connectivity index (χ1n) is 46.7. The summed E-state index contributed by atoms with van der Waals surface area (Å²) in [4.78, 5) is 56.1. The zero-order valence-electron chi connectivity index (χ0n) is 81.3. The fraction of sp³-hybridized carbons (Fsp3) is 0.394. The van der Waals surface area contributed by atoms with Gasteiger partial charge in [-0.3, -0.25) is 0 Å². The number of anilines is 19. The molecule has 0 radical (unpaired) electrons. The topological polar surface area (TPSA) is 394 Å². The van der Waals surface area contributed by atoms with Crippen LogP contribution in [0.15, 0.2) is 177 Å². The van der Waals surface area contributed by atoms with Gasteiger partial charge in [0.25, 0.3) is 0 Å². The van der Waals surface area contributed by atoms with Crippen LogP contribution in [0.3, 0.4) is 0 Å². The molecule has 8 N–H and O–H groups in total. The van der Waals surface area contributed by atoms with Gasteiger partial charge in [0.15, 0.2) is 41.2 Å². The molecule has 0 bridgehead atoms. The molecular formula is C99H118Cl4N23O12P4+. The van der Waals surface area contributed by atoms with Crippen LogP contribution in [0.1, 0.15) is 57.4 Å². The highest BCUT2D eigenvalue weighted by Crippen LogP contribution is 2.54. The van der Waals surface area contributed by atoms with Gasteiger partial charge < -0.3 is 113 Å². The van der Waals surface area contributed by atoms with Crippen LogP contribution >= 0.6 is 75.0 Å². The summed E-state index contributed by atoms with van der Waals surface area (Å²) in [6, 6.07) is 40.1. The number of nitrogens with one attached hydrogen (secondary N) is 8. The van der Waals surface area contributed by atoms with E-state index in [1.54, 1.807) is 94.2 Å². The van der Waals surface area contributed by atoms with E-state index in [0.717, 1.165) is 193 Å². The molecule has 142 heavy (non-hydrogen) atoms. The Hall–Kier alpha value is -11.3. The predicted octanol–water partition coefficient (Wildman–Crippen LogP) is 19.2. The van der Waals surface area contributed by atoms with Crippen LogP contribution in [-0.2, 0) is 37.2 Å². The van der Waals surface area contributed by atoms with Gasteiger partial charge in [0.05, 0.1) is 137 Å². The standard InChI is InChI=1S/C26H32ClN6O3P.C25H30ClN6O3P.C25H30ClN5O3P.C23H26ClN6O3P/c1-35-24-21(14-18(15-28-24)33-11-8-26(17-33)9-12-36-13-10-26)31-25-29-16-19(27)23(32-25)30-20-6-4-5-7-22(20)37(2,3)34;1-34-23-20(12-17(13-27-23)32-15-25(16-32)8-10-35-11-9-25)30-24-28-14-18(26)22(31-24)29-19-6-4-5-7-21(19)36(2,3)33;1-33-23-20(8-6-11-31(23)17-13-25(14-17)10-12-34-16-25)29-24-27-15-18(26)22(30-24)28-19-7-4-5-9-21(19)35(2,3)32;1-32-21-18(8-15(9-25-21)30-11-23(12-30)13-33-14-23)28-22-26-10-16(24)20(29-22)27-17-6-4-5-7-19(17)34(2,3)31/h4-7,14-16H,8-13,17H2,1-3H3,(H2,29,30,31,32);4-7,12-14H,8-11,15-16H2,1-3H3,(H2,28,29,30,31);4-9,11,15,17H,10,12-14,16H2,1-3H3,(H2,27,28,29,30);4-10H,11-14H2,1-3H3,(H2,26,27,28,29)/q;;+1;. The van der Waals surface area contributed by atoms with Crippen LogP contribution in [0.2, 0.25) is 20.1 Å². The Morgan fingerprint density at radius 1 is 0.338 bits per heavy atom. The molecule has 0 atom stereocenters.